The van der Waals surface area contributed by atoms with Gasteiger partial charge in [-0.15, -0.1) is 0 Å². The summed E-state index contributed by atoms with van der Waals surface area (Å²) >= 11 is 6.16. The van der Waals surface area contributed by atoms with Crippen LogP contribution in [0.15, 0.2) is 45.6 Å². The van der Waals surface area contributed by atoms with Crippen LogP contribution in [0.4, 0.5) is 0 Å². The molecule has 0 saturated carbocycles. The minimum absolute atomic E-state index is 0.0452. The number of hydrogen-bond donors (Lipinski definition) is 1. The number of carbonyl (C=O) groups is 1. The number of ether oxygens (including phenoxy) is 3. The Bertz CT molecular complexity index is 1210. The van der Waals surface area contributed by atoms with E-state index in [1.165, 1.54) is 38.5 Å². The Morgan fingerprint density at radius 1 is 1.13 bits per heavy atom. The molecule has 162 valence electrons. The van der Waals surface area contributed by atoms with E-state index in [4.69, 9.17) is 30.2 Å². The number of hydrogen-bond acceptors (Lipinski definition) is 7. The molecular weight excluding hydrogens is 424 g/mol. The largest absolute Gasteiger partial charge is 0.508 e. The van der Waals surface area contributed by atoms with Gasteiger partial charge in [0.15, 0.2) is 11.5 Å². The Labute approximate surface area is 183 Å². The van der Waals surface area contributed by atoms with Gasteiger partial charge in [0.05, 0.1) is 19.2 Å². The van der Waals surface area contributed by atoms with E-state index >= 15 is 0 Å². The summed E-state index contributed by atoms with van der Waals surface area (Å²) in [5.41, 5.74) is 1.42. The zero-order valence-corrected chi connectivity index (χ0v) is 18.0. The monoisotopic (exact) mass is 444 g/mol. The molecule has 2 aromatic carbocycles. The minimum Gasteiger partial charge on any atom is -0.508 e. The molecule has 0 bridgehead atoms. The summed E-state index contributed by atoms with van der Waals surface area (Å²) in [7, 11) is 2.97. The number of aryl methyl sites for hydroxylation is 1. The number of esters is 1. The lowest BCUT2D eigenvalue weighted by atomic mass is 10.0. The van der Waals surface area contributed by atoms with Gasteiger partial charge in [-0.2, -0.15) is 0 Å². The highest BCUT2D eigenvalue weighted by Crippen LogP contribution is 2.36. The molecule has 0 radical (unpaired) electrons. The molecular formula is C23H21ClO7. The van der Waals surface area contributed by atoms with Crippen LogP contribution in [-0.2, 0) is 22.6 Å². The van der Waals surface area contributed by atoms with Crippen molar-refractivity contribution in [3.63, 3.8) is 0 Å². The molecule has 8 heteroatoms. The van der Waals surface area contributed by atoms with Crippen molar-refractivity contribution in [3.05, 3.63) is 68.5 Å². The number of benzene rings is 2. The highest BCUT2D eigenvalue weighted by molar-refractivity contribution is 6.32. The molecule has 7 nitrogen and oxygen atoms in total. The Balaban J connectivity index is 1.79. The van der Waals surface area contributed by atoms with Crippen LogP contribution in [0.25, 0.3) is 17.0 Å². The van der Waals surface area contributed by atoms with Crippen LogP contribution in [0, 0.1) is 0 Å². The van der Waals surface area contributed by atoms with E-state index in [0.29, 0.717) is 45.0 Å². The number of rotatable bonds is 7. The van der Waals surface area contributed by atoms with E-state index in [2.05, 4.69) is 0 Å². The molecule has 31 heavy (non-hydrogen) atoms. The second kappa shape index (κ2) is 9.57. The predicted octanol–water partition coefficient (Wildman–Crippen LogP) is 4.49. The number of phenols is 1. The molecule has 0 aliphatic carbocycles. The van der Waals surface area contributed by atoms with Crippen molar-refractivity contribution in [2.75, 3.05) is 14.2 Å². The fraction of sp³-hybridized carbons (Fsp3) is 0.217. The van der Waals surface area contributed by atoms with Gasteiger partial charge in [-0.05, 0) is 41.8 Å². The standard InChI is InChI=1S/C23H21ClO7/c1-4-14-9-16-15(10-22(27)31-19(16)11-18(14)25)12-30-21(26)6-5-13-7-17(24)23(29-3)20(8-13)28-2/h5-11,25H,4,12H2,1-3H3/b6-5+. The second-order valence-corrected chi connectivity index (χ2v) is 7.01. The molecule has 0 saturated heterocycles. The van der Waals surface area contributed by atoms with E-state index in [-0.39, 0.29) is 17.9 Å². The van der Waals surface area contributed by atoms with Gasteiger partial charge in [-0.3, -0.25) is 0 Å². The lowest BCUT2D eigenvalue weighted by Crippen LogP contribution is -2.06. The van der Waals surface area contributed by atoms with Gasteiger partial charge < -0.3 is 23.7 Å². The third-order valence-electron chi connectivity index (χ3n) is 4.65. The van der Waals surface area contributed by atoms with Crippen molar-refractivity contribution in [2.24, 2.45) is 0 Å². The summed E-state index contributed by atoms with van der Waals surface area (Å²) in [6.45, 7) is 1.76. The molecule has 0 atom stereocenters. The first kappa shape index (κ1) is 22.2. The second-order valence-electron chi connectivity index (χ2n) is 6.60. The molecule has 0 unspecified atom stereocenters. The van der Waals surface area contributed by atoms with E-state index < -0.39 is 11.6 Å². The average molecular weight is 445 g/mol. The Kier molecular flexibility index (Phi) is 6.87. The first-order valence-electron chi connectivity index (χ1n) is 9.41. The van der Waals surface area contributed by atoms with Crippen LogP contribution in [0.1, 0.15) is 23.6 Å². The summed E-state index contributed by atoms with van der Waals surface area (Å²) in [6.07, 6.45) is 3.37. The number of halogens is 1. The molecule has 0 spiro atoms. The Hall–Kier alpha value is -3.45. The molecule has 1 aromatic heterocycles. The van der Waals surface area contributed by atoms with Gasteiger partial charge in [-0.25, -0.2) is 9.59 Å². The molecule has 1 N–H and O–H groups in total. The lowest BCUT2D eigenvalue weighted by molar-refractivity contribution is -0.138. The van der Waals surface area contributed by atoms with Gasteiger partial charge in [0.2, 0.25) is 0 Å². The maximum absolute atomic E-state index is 12.2. The molecule has 0 fully saturated rings. The quantitative estimate of drug-likeness (QED) is 0.326. The summed E-state index contributed by atoms with van der Waals surface area (Å²) < 4.78 is 20.8. The normalized spacial score (nSPS) is 11.1. The van der Waals surface area contributed by atoms with Crippen LogP contribution >= 0.6 is 11.6 Å². The first-order valence-corrected chi connectivity index (χ1v) is 9.79. The summed E-state index contributed by atoms with van der Waals surface area (Å²) in [5, 5.41) is 10.9. The molecule has 1 heterocycles. The van der Waals surface area contributed by atoms with E-state index in [9.17, 15) is 14.7 Å². The topological polar surface area (TPSA) is 95.2 Å². The van der Waals surface area contributed by atoms with Crippen molar-refractivity contribution < 1.29 is 28.5 Å². The van der Waals surface area contributed by atoms with Crippen LogP contribution in [0.2, 0.25) is 5.02 Å². The zero-order chi connectivity index (χ0) is 22.5. The average Bonchev–Trinajstić information content (AvgIpc) is 2.74. The fourth-order valence-electron chi connectivity index (χ4n) is 3.11. The minimum atomic E-state index is -0.609. The van der Waals surface area contributed by atoms with Crippen molar-refractivity contribution in [1.29, 1.82) is 0 Å². The number of carbonyl (C=O) groups excluding carboxylic acids is 1. The maximum atomic E-state index is 12.2. The van der Waals surface area contributed by atoms with Crippen molar-refractivity contribution in [3.8, 4) is 17.2 Å². The Morgan fingerprint density at radius 2 is 1.90 bits per heavy atom. The van der Waals surface area contributed by atoms with Crippen molar-refractivity contribution in [2.45, 2.75) is 20.0 Å². The Morgan fingerprint density at radius 3 is 2.58 bits per heavy atom. The number of aromatic hydroxyl groups is 1. The summed E-state index contributed by atoms with van der Waals surface area (Å²) in [6, 6.07) is 7.67. The van der Waals surface area contributed by atoms with E-state index in [0.717, 1.165) is 0 Å². The van der Waals surface area contributed by atoms with E-state index in [1.807, 2.05) is 6.92 Å². The fourth-order valence-corrected chi connectivity index (χ4v) is 3.40. The molecule has 0 amide bonds. The third kappa shape index (κ3) is 5.00. The predicted molar refractivity (Wildman–Crippen MR) is 117 cm³/mol. The van der Waals surface area contributed by atoms with Crippen LogP contribution in [0.3, 0.4) is 0 Å². The van der Waals surface area contributed by atoms with E-state index in [1.54, 1.807) is 18.2 Å². The van der Waals surface area contributed by atoms with Crippen LogP contribution < -0.4 is 15.1 Å². The van der Waals surface area contributed by atoms with Gasteiger partial charge in [0.25, 0.3) is 0 Å². The molecule has 0 aliphatic rings. The van der Waals surface area contributed by atoms with Crippen molar-refractivity contribution >= 4 is 34.6 Å². The smallest absolute Gasteiger partial charge is 0.336 e. The summed E-state index contributed by atoms with van der Waals surface area (Å²) in [5.74, 6) is 0.266. The molecule has 3 rings (SSSR count). The van der Waals surface area contributed by atoms with Gasteiger partial charge >= 0.3 is 11.6 Å². The zero-order valence-electron chi connectivity index (χ0n) is 17.2. The van der Waals surface area contributed by atoms with Crippen molar-refractivity contribution in [1.82, 2.24) is 0 Å². The van der Waals surface area contributed by atoms with Gasteiger partial charge in [-0.1, -0.05) is 18.5 Å². The van der Waals surface area contributed by atoms with Gasteiger partial charge in [0.1, 0.15) is 17.9 Å². The maximum Gasteiger partial charge on any atom is 0.336 e. The van der Waals surface area contributed by atoms with Gasteiger partial charge in [0, 0.05) is 29.2 Å². The summed E-state index contributed by atoms with van der Waals surface area (Å²) in [4.78, 5) is 24.0. The first-order chi connectivity index (χ1) is 14.9. The third-order valence-corrected chi connectivity index (χ3v) is 4.93. The molecule has 3 aromatic rings. The van der Waals surface area contributed by atoms with Crippen LogP contribution in [-0.4, -0.2) is 25.3 Å². The molecule has 0 aliphatic heterocycles. The highest BCUT2D eigenvalue weighted by Gasteiger charge is 2.12. The number of methoxy groups -OCH3 is 2. The number of phenolic OH excluding ortho intramolecular Hbond substituents is 1. The highest BCUT2D eigenvalue weighted by atomic mass is 35.5. The lowest BCUT2D eigenvalue weighted by Gasteiger charge is -2.10. The SMILES string of the molecule is CCc1cc2c(COC(=O)/C=C/c3cc(Cl)c(OC)c(OC)c3)cc(=O)oc2cc1O. The van der Waals surface area contributed by atoms with Crippen LogP contribution in [0.5, 0.6) is 17.2 Å². The number of fused-ring (bicyclic) bond motifs is 1.